The topological polar surface area (TPSA) is 82.2 Å². The van der Waals surface area contributed by atoms with E-state index in [2.05, 4.69) is 10.5 Å². The Kier molecular flexibility index (Phi) is 3.61. The molecular weight excluding hydrogens is 184 g/mol. The summed E-state index contributed by atoms with van der Waals surface area (Å²) in [4.78, 5) is 11.3. The molecule has 0 saturated heterocycles. The molecule has 6 nitrogen and oxygen atoms in total. The molecule has 3 N–H and O–H groups in total. The van der Waals surface area contributed by atoms with Gasteiger partial charge in [0.05, 0.1) is 12.3 Å². The molecule has 0 saturated carbocycles. The van der Waals surface area contributed by atoms with Crippen molar-refractivity contribution in [3.05, 3.63) is 18.0 Å². The van der Waals surface area contributed by atoms with Gasteiger partial charge in [0, 0.05) is 13.3 Å². The Balaban J connectivity index is 2.82. The first-order valence-corrected chi connectivity index (χ1v) is 4.20. The molecule has 1 amide bonds. The lowest BCUT2D eigenvalue weighted by molar-refractivity contribution is -0.126. The van der Waals surface area contributed by atoms with Crippen LogP contribution >= 0.6 is 0 Å². The van der Waals surface area contributed by atoms with Gasteiger partial charge in [-0.25, -0.2) is 5.84 Å². The van der Waals surface area contributed by atoms with Crippen molar-refractivity contribution in [3.63, 3.8) is 0 Å². The number of carbonyl (C=O) groups excluding carboxylic acids is 1. The molecular formula is C8H14N4O2. The van der Waals surface area contributed by atoms with E-state index in [1.807, 2.05) is 13.0 Å². The van der Waals surface area contributed by atoms with Crippen molar-refractivity contribution in [1.29, 1.82) is 0 Å². The number of carbonyl (C=O) groups is 1. The summed E-state index contributed by atoms with van der Waals surface area (Å²) in [7, 11) is 1.52. The van der Waals surface area contributed by atoms with Crippen LogP contribution in [0.3, 0.4) is 0 Å². The average Bonchev–Trinajstić information content (AvgIpc) is 2.60. The van der Waals surface area contributed by atoms with Gasteiger partial charge in [-0.2, -0.15) is 5.10 Å². The van der Waals surface area contributed by atoms with E-state index in [0.29, 0.717) is 0 Å². The lowest BCUT2D eigenvalue weighted by Crippen LogP contribution is -2.39. The molecule has 0 aliphatic carbocycles. The third-order valence-electron chi connectivity index (χ3n) is 1.83. The number of hydrogen-bond donors (Lipinski definition) is 2. The number of aromatic nitrogens is 2. The SMILES string of the molecule is COCC(C(=O)NN)n1ccc(C)n1. The number of amides is 1. The maximum atomic E-state index is 11.3. The number of aryl methyl sites for hydroxylation is 1. The Hall–Kier alpha value is -1.40. The van der Waals surface area contributed by atoms with Gasteiger partial charge in [0.1, 0.15) is 0 Å². The monoisotopic (exact) mass is 198 g/mol. The van der Waals surface area contributed by atoms with Crippen LogP contribution in [-0.4, -0.2) is 29.4 Å². The molecule has 0 aliphatic rings. The van der Waals surface area contributed by atoms with Crippen LogP contribution in [-0.2, 0) is 9.53 Å². The maximum Gasteiger partial charge on any atom is 0.261 e. The van der Waals surface area contributed by atoms with Gasteiger partial charge in [-0.1, -0.05) is 0 Å². The van der Waals surface area contributed by atoms with Gasteiger partial charge >= 0.3 is 0 Å². The minimum atomic E-state index is -0.515. The highest BCUT2D eigenvalue weighted by Crippen LogP contribution is 2.06. The van der Waals surface area contributed by atoms with E-state index in [-0.39, 0.29) is 12.5 Å². The standard InChI is InChI=1S/C8H14N4O2/c1-6-3-4-12(11-6)7(5-14-2)8(13)10-9/h3-4,7H,5,9H2,1-2H3,(H,10,13). The highest BCUT2D eigenvalue weighted by Gasteiger charge is 2.19. The summed E-state index contributed by atoms with van der Waals surface area (Å²) >= 11 is 0. The van der Waals surface area contributed by atoms with Crippen LogP contribution in [0, 0.1) is 6.92 Å². The molecule has 1 atom stereocenters. The summed E-state index contributed by atoms with van der Waals surface area (Å²) < 4.78 is 6.44. The van der Waals surface area contributed by atoms with E-state index in [1.165, 1.54) is 11.8 Å². The van der Waals surface area contributed by atoms with Crippen LogP contribution < -0.4 is 11.3 Å². The van der Waals surface area contributed by atoms with Crippen LogP contribution in [0.5, 0.6) is 0 Å². The predicted octanol–water partition coefficient (Wildman–Crippen LogP) is -0.631. The van der Waals surface area contributed by atoms with Crippen LogP contribution in [0.15, 0.2) is 12.3 Å². The normalized spacial score (nSPS) is 12.5. The summed E-state index contributed by atoms with van der Waals surface area (Å²) in [5.74, 6) is 4.73. The Morgan fingerprint density at radius 2 is 2.57 bits per heavy atom. The fraction of sp³-hybridized carbons (Fsp3) is 0.500. The largest absolute Gasteiger partial charge is 0.382 e. The summed E-state index contributed by atoms with van der Waals surface area (Å²) in [6.07, 6.45) is 1.72. The third kappa shape index (κ3) is 2.30. The van der Waals surface area contributed by atoms with E-state index in [1.54, 1.807) is 6.20 Å². The molecule has 1 aromatic rings. The number of nitrogens with one attached hydrogen (secondary N) is 1. The minimum Gasteiger partial charge on any atom is -0.382 e. The molecule has 0 aromatic carbocycles. The van der Waals surface area contributed by atoms with Crippen molar-refractivity contribution >= 4 is 5.91 Å². The number of methoxy groups -OCH3 is 1. The number of nitrogens with two attached hydrogens (primary N) is 1. The zero-order chi connectivity index (χ0) is 10.6. The smallest absolute Gasteiger partial charge is 0.261 e. The Morgan fingerprint density at radius 1 is 1.86 bits per heavy atom. The van der Waals surface area contributed by atoms with Gasteiger partial charge in [-0.05, 0) is 13.0 Å². The van der Waals surface area contributed by atoms with Crippen molar-refractivity contribution in [1.82, 2.24) is 15.2 Å². The molecule has 1 rings (SSSR count). The second-order valence-electron chi connectivity index (χ2n) is 2.92. The van der Waals surface area contributed by atoms with E-state index < -0.39 is 6.04 Å². The molecule has 0 bridgehead atoms. The average molecular weight is 198 g/mol. The molecule has 1 heterocycles. The van der Waals surface area contributed by atoms with Crippen molar-refractivity contribution in [2.75, 3.05) is 13.7 Å². The number of rotatable bonds is 4. The Morgan fingerprint density at radius 3 is 3.00 bits per heavy atom. The third-order valence-corrected chi connectivity index (χ3v) is 1.83. The Bertz CT molecular complexity index is 310. The number of ether oxygens (including phenoxy) is 1. The molecule has 14 heavy (non-hydrogen) atoms. The first kappa shape index (κ1) is 10.7. The van der Waals surface area contributed by atoms with Gasteiger partial charge in [0.15, 0.2) is 6.04 Å². The molecule has 0 aliphatic heterocycles. The van der Waals surface area contributed by atoms with Crippen molar-refractivity contribution in [2.45, 2.75) is 13.0 Å². The van der Waals surface area contributed by atoms with Gasteiger partial charge in [0.25, 0.3) is 5.91 Å². The summed E-state index contributed by atoms with van der Waals surface area (Å²) in [5.41, 5.74) is 2.92. The second kappa shape index (κ2) is 4.73. The lowest BCUT2D eigenvalue weighted by Gasteiger charge is -2.14. The molecule has 1 aromatic heterocycles. The minimum absolute atomic E-state index is 0.240. The molecule has 0 radical (unpaired) electrons. The van der Waals surface area contributed by atoms with E-state index >= 15 is 0 Å². The highest BCUT2D eigenvalue weighted by atomic mass is 16.5. The van der Waals surface area contributed by atoms with Crippen molar-refractivity contribution < 1.29 is 9.53 Å². The van der Waals surface area contributed by atoms with E-state index in [4.69, 9.17) is 10.6 Å². The summed E-state index contributed by atoms with van der Waals surface area (Å²) in [6, 6.07) is 1.30. The van der Waals surface area contributed by atoms with Crippen molar-refractivity contribution in [2.24, 2.45) is 5.84 Å². The van der Waals surface area contributed by atoms with Gasteiger partial charge in [-0.3, -0.25) is 14.9 Å². The van der Waals surface area contributed by atoms with E-state index in [0.717, 1.165) is 5.69 Å². The first-order valence-electron chi connectivity index (χ1n) is 4.20. The number of nitrogens with zero attached hydrogens (tertiary/aromatic N) is 2. The first-order chi connectivity index (χ1) is 6.69. The fourth-order valence-corrected chi connectivity index (χ4v) is 1.13. The number of hydrogen-bond acceptors (Lipinski definition) is 4. The van der Waals surface area contributed by atoms with Crippen LogP contribution in [0.25, 0.3) is 0 Å². The molecule has 1 unspecified atom stereocenters. The predicted molar refractivity (Wildman–Crippen MR) is 50.2 cm³/mol. The lowest BCUT2D eigenvalue weighted by atomic mass is 10.3. The zero-order valence-corrected chi connectivity index (χ0v) is 8.23. The maximum absolute atomic E-state index is 11.3. The van der Waals surface area contributed by atoms with Crippen LogP contribution in [0.2, 0.25) is 0 Å². The van der Waals surface area contributed by atoms with E-state index in [9.17, 15) is 4.79 Å². The van der Waals surface area contributed by atoms with Gasteiger partial charge in [0.2, 0.25) is 0 Å². The quantitative estimate of drug-likeness (QED) is 0.383. The van der Waals surface area contributed by atoms with Crippen LogP contribution in [0.1, 0.15) is 11.7 Å². The van der Waals surface area contributed by atoms with Crippen LogP contribution in [0.4, 0.5) is 0 Å². The fourth-order valence-electron chi connectivity index (χ4n) is 1.13. The molecule has 0 spiro atoms. The highest BCUT2D eigenvalue weighted by molar-refractivity contribution is 5.79. The second-order valence-corrected chi connectivity index (χ2v) is 2.92. The Labute approximate surface area is 82.0 Å². The van der Waals surface area contributed by atoms with Gasteiger partial charge < -0.3 is 4.74 Å². The van der Waals surface area contributed by atoms with Gasteiger partial charge in [-0.15, -0.1) is 0 Å². The molecule has 78 valence electrons. The molecule has 0 fully saturated rings. The molecule has 6 heteroatoms. The summed E-state index contributed by atoms with van der Waals surface area (Å²) in [5, 5.41) is 4.12. The number of hydrazine groups is 1. The summed E-state index contributed by atoms with van der Waals surface area (Å²) in [6.45, 7) is 2.09. The van der Waals surface area contributed by atoms with Crippen molar-refractivity contribution in [3.8, 4) is 0 Å². The zero-order valence-electron chi connectivity index (χ0n) is 8.23.